The summed E-state index contributed by atoms with van der Waals surface area (Å²) in [5.41, 5.74) is 4.61. The molecular weight excluding hydrogens is 430 g/mol. The molecule has 0 spiro atoms. The van der Waals surface area contributed by atoms with Crippen LogP contribution in [0.15, 0.2) is 103 Å². The predicted octanol–water partition coefficient (Wildman–Crippen LogP) is 7.53. The third-order valence-electron chi connectivity index (χ3n) is 6.32. The lowest BCUT2D eigenvalue weighted by Crippen LogP contribution is -1.99. The van der Waals surface area contributed by atoms with Crippen molar-refractivity contribution < 1.29 is 4.74 Å². The van der Waals surface area contributed by atoms with Crippen molar-refractivity contribution in [2.24, 2.45) is 0 Å². The molecule has 6 rings (SSSR count). The second-order valence-electron chi connectivity index (χ2n) is 8.53. The Hall–Kier alpha value is -5.06. The molecule has 164 valence electrons. The minimum Gasteiger partial charge on any atom is -0.457 e. The van der Waals surface area contributed by atoms with Gasteiger partial charge in [0.2, 0.25) is 0 Å². The van der Waals surface area contributed by atoms with E-state index >= 15 is 0 Å². The lowest BCUT2D eigenvalue weighted by atomic mass is 10.0. The van der Waals surface area contributed by atoms with Gasteiger partial charge in [-0.2, -0.15) is 10.5 Å². The van der Waals surface area contributed by atoms with E-state index in [4.69, 9.17) is 4.74 Å². The summed E-state index contributed by atoms with van der Waals surface area (Å²) in [5, 5.41) is 23.0. The molecule has 1 heterocycles. The first-order chi connectivity index (χ1) is 17.2. The molecule has 35 heavy (non-hydrogen) atoms. The molecule has 5 aromatic carbocycles. The molecule has 1 aromatic heterocycles. The van der Waals surface area contributed by atoms with Gasteiger partial charge in [0.05, 0.1) is 28.8 Å². The normalized spacial score (nSPS) is 10.9. The number of benzene rings is 5. The maximum Gasteiger partial charge on any atom is 0.129 e. The number of ether oxygens (including phenoxy) is 1. The van der Waals surface area contributed by atoms with Crippen LogP contribution in [0.1, 0.15) is 16.7 Å². The number of rotatable bonds is 4. The lowest BCUT2D eigenvalue weighted by molar-refractivity contribution is 0.483. The Bertz CT molecular complexity index is 1830. The Morgan fingerprint density at radius 2 is 1.37 bits per heavy atom. The van der Waals surface area contributed by atoms with Crippen molar-refractivity contribution >= 4 is 32.6 Å². The summed E-state index contributed by atoms with van der Waals surface area (Å²) in [5.74, 6) is 1.35. The molecule has 0 aliphatic rings. The Morgan fingerprint density at radius 3 is 2.26 bits per heavy atom. The fourth-order valence-electron chi connectivity index (χ4n) is 4.67. The minimum atomic E-state index is 0.563. The van der Waals surface area contributed by atoms with Gasteiger partial charge >= 0.3 is 0 Å². The Labute approximate surface area is 202 Å². The molecule has 0 saturated carbocycles. The van der Waals surface area contributed by atoms with E-state index in [0.29, 0.717) is 29.2 Å². The minimum absolute atomic E-state index is 0.563. The number of nitriles is 2. The van der Waals surface area contributed by atoms with Crippen LogP contribution >= 0.6 is 0 Å². The summed E-state index contributed by atoms with van der Waals surface area (Å²) in [4.78, 5) is 0. The fourth-order valence-corrected chi connectivity index (χ4v) is 4.67. The number of hydrogen-bond donors (Lipinski definition) is 0. The van der Waals surface area contributed by atoms with Crippen molar-refractivity contribution in [2.45, 2.75) is 6.54 Å². The zero-order valence-corrected chi connectivity index (χ0v) is 18.8. The summed E-state index contributed by atoms with van der Waals surface area (Å²) in [7, 11) is 0. The van der Waals surface area contributed by atoms with E-state index in [1.807, 2.05) is 36.4 Å². The molecule has 0 unspecified atom stereocenters. The van der Waals surface area contributed by atoms with Gasteiger partial charge < -0.3 is 9.30 Å². The van der Waals surface area contributed by atoms with E-state index < -0.39 is 0 Å². The molecule has 0 amide bonds. The predicted molar refractivity (Wildman–Crippen MR) is 138 cm³/mol. The number of hydrogen-bond acceptors (Lipinski definition) is 3. The summed E-state index contributed by atoms with van der Waals surface area (Å²) in [6.07, 6.45) is 0. The van der Waals surface area contributed by atoms with Gasteiger partial charge in [0, 0.05) is 28.9 Å². The number of aromatic nitrogens is 1. The highest BCUT2D eigenvalue weighted by atomic mass is 16.5. The molecule has 0 N–H and O–H groups in total. The molecule has 4 heteroatoms. The SMILES string of the molecule is N#Cc1cccc(Oc2ccc3c4ccccc4n(Cc4ccc5ccc(C#N)cc5c4)c3c2)c1. The van der Waals surface area contributed by atoms with E-state index in [9.17, 15) is 10.5 Å². The molecular formula is C31H19N3O. The first-order valence-electron chi connectivity index (χ1n) is 11.3. The smallest absolute Gasteiger partial charge is 0.129 e. The van der Waals surface area contributed by atoms with Crippen LogP contribution in [0.5, 0.6) is 11.5 Å². The van der Waals surface area contributed by atoms with Crippen LogP contribution in [0.3, 0.4) is 0 Å². The van der Waals surface area contributed by atoms with Crippen molar-refractivity contribution in [3.05, 3.63) is 120 Å². The molecule has 0 aliphatic carbocycles. The van der Waals surface area contributed by atoms with Crippen LogP contribution in [0.25, 0.3) is 32.6 Å². The molecule has 0 fully saturated rings. The van der Waals surface area contributed by atoms with Gasteiger partial charge in [0.1, 0.15) is 11.5 Å². The summed E-state index contributed by atoms with van der Waals surface area (Å²) in [6.45, 7) is 0.685. The second-order valence-corrected chi connectivity index (χ2v) is 8.53. The van der Waals surface area contributed by atoms with Gasteiger partial charge in [-0.3, -0.25) is 0 Å². The van der Waals surface area contributed by atoms with Gasteiger partial charge in [-0.15, -0.1) is 0 Å². The standard InChI is InChI=1S/C31H19N3O/c32-18-21-4-3-5-26(16-21)35-27-12-13-29-28-6-1-2-7-30(28)34(31(29)17-27)20-23-9-11-24-10-8-22(19-33)14-25(24)15-23/h1-17H,20H2. The third-order valence-corrected chi connectivity index (χ3v) is 6.32. The average Bonchev–Trinajstić information content (AvgIpc) is 3.21. The average molecular weight is 450 g/mol. The first kappa shape index (κ1) is 20.5. The van der Waals surface area contributed by atoms with Gasteiger partial charge in [0.25, 0.3) is 0 Å². The van der Waals surface area contributed by atoms with Crippen LogP contribution in [0, 0.1) is 22.7 Å². The molecule has 0 atom stereocenters. The monoisotopic (exact) mass is 449 g/mol. The van der Waals surface area contributed by atoms with Gasteiger partial charge in [-0.1, -0.05) is 42.5 Å². The van der Waals surface area contributed by atoms with E-state index in [0.717, 1.165) is 32.8 Å². The maximum absolute atomic E-state index is 9.29. The van der Waals surface area contributed by atoms with Gasteiger partial charge in [-0.05, 0) is 70.9 Å². The zero-order chi connectivity index (χ0) is 23.8. The van der Waals surface area contributed by atoms with Gasteiger partial charge in [-0.25, -0.2) is 0 Å². The second kappa shape index (κ2) is 8.37. The highest BCUT2D eigenvalue weighted by Crippen LogP contribution is 2.34. The van der Waals surface area contributed by atoms with Crippen molar-refractivity contribution in [1.82, 2.24) is 4.57 Å². The van der Waals surface area contributed by atoms with Gasteiger partial charge in [0.15, 0.2) is 0 Å². The van der Waals surface area contributed by atoms with Crippen molar-refractivity contribution in [3.8, 4) is 23.6 Å². The lowest BCUT2D eigenvalue weighted by Gasteiger charge is -2.11. The van der Waals surface area contributed by atoms with Crippen LogP contribution in [-0.2, 0) is 6.54 Å². The summed E-state index contributed by atoms with van der Waals surface area (Å²) >= 11 is 0. The number of nitrogens with zero attached hydrogens (tertiary/aromatic N) is 3. The molecule has 6 aromatic rings. The highest BCUT2D eigenvalue weighted by Gasteiger charge is 2.13. The van der Waals surface area contributed by atoms with Crippen LogP contribution in [0.2, 0.25) is 0 Å². The van der Waals surface area contributed by atoms with Crippen molar-refractivity contribution in [3.63, 3.8) is 0 Å². The Morgan fingerprint density at radius 1 is 0.600 bits per heavy atom. The summed E-state index contributed by atoms with van der Waals surface area (Å²) < 4.78 is 8.42. The van der Waals surface area contributed by atoms with Crippen molar-refractivity contribution in [2.75, 3.05) is 0 Å². The molecule has 0 saturated heterocycles. The van der Waals surface area contributed by atoms with E-state index in [2.05, 4.69) is 71.3 Å². The highest BCUT2D eigenvalue weighted by molar-refractivity contribution is 6.08. The molecule has 0 aliphatic heterocycles. The molecule has 0 radical (unpaired) electrons. The Kier molecular flexibility index (Phi) is 4.91. The maximum atomic E-state index is 9.29. The first-order valence-corrected chi connectivity index (χ1v) is 11.3. The Balaban J connectivity index is 1.46. The number of para-hydroxylation sites is 1. The van der Waals surface area contributed by atoms with Crippen LogP contribution in [0.4, 0.5) is 0 Å². The largest absolute Gasteiger partial charge is 0.457 e. The van der Waals surface area contributed by atoms with Crippen LogP contribution < -0.4 is 4.74 Å². The fraction of sp³-hybridized carbons (Fsp3) is 0.0323. The third kappa shape index (κ3) is 3.74. The topological polar surface area (TPSA) is 61.7 Å². The molecule has 0 bridgehead atoms. The van der Waals surface area contributed by atoms with E-state index in [1.165, 1.54) is 5.39 Å². The zero-order valence-electron chi connectivity index (χ0n) is 18.8. The van der Waals surface area contributed by atoms with E-state index in [-0.39, 0.29) is 0 Å². The quantitative estimate of drug-likeness (QED) is 0.279. The van der Waals surface area contributed by atoms with Crippen molar-refractivity contribution in [1.29, 1.82) is 10.5 Å². The molecule has 4 nitrogen and oxygen atoms in total. The summed E-state index contributed by atoms with van der Waals surface area (Å²) in [6, 6.07) is 38.3. The number of fused-ring (bicyclic) bond motifs is 4. The van der Waals surface area contributed by atoms with E-state index in [1.54, 1.807) is 12.1 Å². The van der Waals surface area contributed by atoms with Crippen LogP contribution in [-0.4, -0.2) is 4.57 Å².